The van der Waals surface area contributed by atoms with Crippen LogP contribution < -0.4 is 0 Å². The van der Waals surface area contributed by atoms with Crippen LogP contribution in [0.4, 0.5) is 4.39 Å². The van der Waals surface area contributed by atoms with Crippen LogP contribution in [0.1, 0.15) is 72.6 Å². The third kappa shape index (κ3) is 5.08. The van der Waals surface area contributed by atoms with E-state index in [2.05, 4.69) is 13.8 Å². The van der Waals surface area contributed by atoms with E-state index in [1.807, 2.05) is 19.9 Å². The fourth-order valence-corrected chi connectivity index (χ4v) is 5.84. The number of allylic oxidation sites excluding steroid dienone is 1. The van der Waals surface area contributed by atoms with E-state index in [4.69, 9.17) is 9.47 Å². The van der Waals surface area contributed by atoms with Gasteiger partial charge in [0.05, 0.1) is 12.2 Å². The minimum absolute atomic E-state index is 0.144. The molecular weight excluding hydrogens is 331 g/mol. The van der Waals surface area contributed by atoms with Crippen molar-refractivity contribution >= 4 is 0 Å². The van der Waals surface area contributed by atoms with E-state index in [1.54, 1.807) is 7.11 Å². The maximum absolute atomic E-state index is 14.8. The molecule has 0 spiro atoms. The lowest BCUT2D eigenvalue weighted by Gasteiger charge is -2.44. The number of ether oxygens (including phenoxy) is 2. The van der Waals surface area contributed by atoms with Crippen LogP contribution in [0.5, 0.6) is 0 Å². The van der Waals surface area contributed by atoms with Crippen LogP contribution >= 0.6 is 0 Å². The Kier molecular flexibility index (Phi) is 7.70. The Hall–Kier alpha value is -0.450. The molecule has 2 aliphatic carbocycles. The number of fused-ring (bicyclic) bond motifs is 1. The molecule has 4 heteroatoms. The van der Waals surface area contributed by atoms with Crippen molar-refractivity contribution in [3.63, 3.8) is 0 Å². The van der Waals surface area contributed by atoms with Gasteiger partial charge in [0.25, 0.3) is 0 Å². The minimum Gasteiger partial charge on any atom is -0.392 e. The van der Waals surface area contributed by atoms with Gasteiger partial charge in [-0.25, -0.2) is 4.39 Å². The number of hydrogen-bond donors (Lipinski definition) is 1. The highest BCUT2D eigenvalue weighted by molar-refractivity contribution is 5.18. The maximum atomic E-state index is 14.8. The lowest BCUT2D eigenvalue weighted by Crippen LogP contribution is -2.37. The molecule has 1 N–H and O–H groups in total. The van der Waals surface area contributed by atoms with Crippen LogP contribution in [0, 0.1) is 23.2 Å². The van der Waals surface area contributed by atoms with Crippen molar-refractivity contribution in [2.24, 2.45) is 23.2 Å². The van der Waals surface area contributed by atoms with Crippen molar-refractivity contribution in [2.45, 2.75) is 84.4 Å². The summed E-state index contributed by atoms with van der Waals surface area (Å²) in [7, 11) is 1.59. The summed E-state index contributed by atoms with van der Waals surface area (Å²) in [5, 5.41) is 9.34. The Morgan fingerprint density at radius 3 is 2.77 bits per heavy atom. The monoisotopic (exact) mass is 370 g/mol. The van der Waals surface area contributed by atoms with Gasteiger partial charge < -0.3 is 14.6 Å². The highest BCUT2D eigenvalue weighted by Gasteiger charge is 2.50. The average molecular weight is 371 g/mol. The molecular formula is C22H39FO3. The number of alkyl halides is 1. The van der Waals surface area contributed by atoms with Crippen molar-refractivity contribution in [1.29, 1.82) is 0 Å². The van der Waals surface area contributed by atoms with Gasteiger partial charge in [0, 0.05) is 13.5 Å². The van der Waals surface area contributed by atoms with Crippen molar-refractivity contribution < 1.29 is 19.0 Å². The Morgan fingerprint density at radius 1 is 1.38 bits per heavy atom. The first-order chi connectivity index (χ1) is 12.2. The zero-order valence-corrected chi connectivity index (χ0v) is 17.4. The molecule has 0 radical (unpaired) electrons. The van der Waals surface area contributed by atoms with E-state index in [0.29, 0.717) is 30.6 Å². The molecule has 3 nitrogen and oxygen atoms in total. The molecule has 2 rings (SSSR count). The molecule has 0 aromatic heterocycles. The number of rotatable bonds is 9. The second-order valence-corrected chi connectivity index (χ2v) is 9.38. The van der Waals surface area contributed by atoms with Crippen LogP contribution in [-0.4, -0.2) is 37.4 Å². The summed E-state index contributed by atoms with van der Waals surface area (Å²) in [5.74, 6) is 1.51. The molecule has 152 valence electrons. The number of halogens is 1. The average Bonchev–Trinajstić information content (AvgIpc) is 2.90. The topological polar surface area (TPSA) is 38.7 Å². The Labute approximate surface area is 159 Å². The number of aliphatic hydroxyl groups excluding tert-OH is 1. The standard InChI is InChI=1S/C22H39FO3/c1-16(13-18(23)14-21(2,3)26-15-25-5)19-8-9-20-17(10-12-24)7-6-11-22(19,20)4/h10,16,18-20,24H,6-9,11-15H2,1-5H3/t16-,18+,19-,20+,22-/m1/s1. The molecule has 0 heterocycles. The first-order valence-electron chi connectivity index (χ1n) is 10.3. The highest BCUT2D eigenvalue weighted by Crippen LogP contribution is 2.59. The van der Waals surface area contributed by atoms with Crippen molar-refractivity contribution in [3.8, 4) is 0 Å². The van der Waals surface area contributed by atoms with Crippen molar-refractivity contribution in [3.05, 3.63) is 11.6 Å². The predicted octanol–water partition coefficient (Wildman–Crippen LogP) is 5.28. The molecule has 0 unspecified atom stereocenters. The fourth-order valence-electron chi connectivity index (χ4n) is 5.84. The summed E-state index contributed by atoms with van der Waals surface area (Å²) in [6, 6.07) is 0. The molecule has 0 amide bonds. The van der Waals surface area contributed by atoms with Gasteiger partial charge in [0.15, 0.2) is 0 Å². The Bertz CT molecular complexity index is 476. The number of aliphatic hydroxyl groups is 1. The summed E-state index contributed by atoms with van der Waals surface area (Å²) in [6.07, 6.45) is 8.11. The molecule has 2 aliphatic rings. The van der Waals surface area contributed by atoms with Gasteiger partial charge in [-0.05, 0) is 75.5 Å². The lowest BCUT2D eigenvalue weighted by atomic mass is 9.60. The second kappa shape index (κ2) is 9.16. The van der Waals surface area contributed by atoms with E-state index in [0.717, 1.165) is 6.42 Å². The van der Waals surface area contributed by atoms with Crippen molar-refractivity contribution in [2.75, 3.05) is 20.5 Å². The number of methoxy groups -OCH3 is 1. The first kappa shape index (κ1) is 21.8. The van der Waals surface area contributed by atoms with Crippen LogP contribution in [0.3, 0.4) is 0 Å². The molecule has 26 heavy (non-hydrogen) atoms. The largest absolute Gasteiger partial charge is 0.392 e. The zero-order valence-electron chi connectivity index (χ0n) is 17.4. The van der Waals surface area contributed by atoms with Gasteiger partial charge >= 0.3 is 0 Å². The van der Waals surface area contributed by atoms with Gasteiger partial charge in [-0.3, -0.25) is 0 Å². The third-order valence-electron chi connectivity index (χ3n) is 6.99. The number of hydrogen-bond acceptors (Lipinski definition) is 3. The summed E-state index contributed by atoms with van der Waals surface area (Å²) >= 11 is 0. The molecule has 2 saturated carbocycles. The fraction of sp³-hybridized carbons (Fsp3) is 0.909. The molecule has 2 fully saturated rings. The van der Waals surface area contributed by atoms with E-state index in [-0.39, 0.29) is 18.8 Å². The summed E-state index contributed by atoms with van der Waals surface area (Å²) in [4.78, 5) is 0. The van der Waals surface area contributed by atoms with Gasteiger partial charge in [0.1, 0.15) is 13.0 Å². The predicted molar refractivity (Wildman–Crippen MR) is 104 cm³/mol. The molecule has 0 saturated heterocycles. The smallest absolute Gasteiger partial charge is 0.147 e. The normalized spacial score (nSPS) is 33.3. The van der Waals surface area contributed by atoms with Gasteiger partial charge in [-0.2, -0.15) is 0 Å². The molecule has 0 aliphatic heterocycles. The highest BCUT2D eigenvalue weighted by atomic mass is 19.1. The second-order valence-electron chi connectivity index (χ2n) is 9.38. The molecule has 0 aromatic rings. The van der Waals surface area contributed by atoms with Crippen LogP contribution in [0.2, 0.25) is 0 Å². The van der Waals surface area contributed by atoms with Gasteiger partial charge in [-0.15, -0.1) is 0 Å². The lowest BCUT2D eigenvalue weighted by molar-refractivity contribution is -0.124. The van der Waals surface area contributed by atoms with Gasteiger partial charge in [-0.1, -0.05) is 25.5 Å². The third-order valence-corrected chi connectivity index (χ3v) is 6.99. The summed E-state index contributed by atoms with van der Waals surface area (Å²) in [5.41, 5.74) is 1.21. The summed E-state index contributed by atoms with van der Waals surface area (Å²) < 4.78 is 25.4. The van der Waals surface area contributed by atoms with E-state index in [9.17, 15) is 9.50 Å². The zero-order chi connectivity index (χ0) is 19.4. The van der Waals surface area contributed by atoms with Crippen LogP contribution in [-0.2, 0) is 9.47 Å². The quantitative estimate of drug-likeness (QED) is 0.443. The van der Waals surface area contributed by atoms with Crippen LogP contribution in [0.25, 0.3) is 0 Å². The van der Waals surface area contributed by atoms with Crippen LogP contribution in [0.15, 0.2) is 11.6 Å². The van der Waals surface area contributed by atoms with E-state index < -0.39 is 11.8 Å². The van der Waals surface area contributed by atoms with Gasteiger partial charge in [0.2, 0.25) is 0 Å². The Balaban J connectivity index is 1.97. The van der Waals surface area contributed by atoms with E-state index in [1.165, 1.54) is 31.3 Å². The Morgan fingerprint density at radius 2 is 2.12 bits per heavy atom. The summed E-state index contributed by atoms with van der Waals surface area (Å²) in [6.45, 7) is 8.86. The first-order valence-corrected chi connectivity index (χ1v) is 10.3. The SMILES string of the molecule is COCOC(C)(C)C[C@@H](F)C[C@@H](C)[C@H]1CC[C@H]2C(=CCO)CCC[C@]12C. The molecule has 5 atom stereocenters. The molecule has 0 aromatic carbocycles. The minimum atomic E-state index is -0.851. The molecule has 0 bridgehead atoms. The maximum Gasteiger partial charge on any atom is 0.147 e. The van der Waals surface area contributed by atoms with E-state index >= 15 is 0 Å². The van der Waals surface area contributed by atoms with Crippen molar-refractivity contribution in [1.82, 2.24) is 0 Å².